The van der Waals surface area contributed by atoms with Gasteiger partial charge in [-0.2, -0.15) is 0 Å². The van der Waals surface area contributed by atoms with E-state index in [0.717, 1.165) is 31.5 Å². The molecule has 2 unspecified atom stereocenters. The molecule has 3 aliphatic rings. The Hall–Kier alpha value is -1.24. The predicted octanol–water partition coefficient (Wildman–Crippen LogP) is 3.09. The highest BCUT2D eigenvalue weighted by molar-refractivity contribution is 5.37. The minimum absolute atomic E-state index is 0.579. The van der Waals surface area contributed by atoms with Gasteiger partial charge in [0.25, 0.3) is 0 Å². The summed E-state index contributed by atoms with van der Waals surface area (Å²) in [5.41, 5.74) is 1.24. The first-order chi connectivity index (χ1) is 14.4. The van der Waals surface area contributed by atoms with Crippen LogP contribution in [0.15, 0.2) is 12.4 Å². The monoisotopic (exact) mass is 414 g/mol. The molecular formula is C24H42N6. The van der Waals surface area contributed by atoms with Crippen LogP contribution in [0.3, 0.4) is 0 Å². The summed E-state index contributed by atoms with van der Waals surface area (Å²) in [5, 5.41) is 0. The molecule has 0 saturated carbocycles. The van der Waals surface area contributed by atoms with Crippen LogP contribution in [0, 0.1) is 5.92 Å². The van der Waals surface area contributed by atoms with E-state index in [0.29, 0.717) is 24.2 Å². The van der Waals surface area contributed by atoms with Gasteiger partial charge in [0.1, 0.15) is 0 Å². The predicted molar refractivity (Wildman–Crippen MR) is 124 cm³/mol. The molecule has 0 aromatic carbocycles. The lowest BCUT2D eigenvalue weighted by Crippen LogP contribution is -2.56. The average molecular weight is 415 g/mol. The molecule has 6 heteroatoms. The van der Waals surface area contributed by atoms with Gasteiger partial charge < -0.3 is 9.80 Å². The minimum Gasteiger partial charge on any atom is -0.332 e. The van der Waals surface area contributed by atoms with Crippen molar-refractivity contribution >= 4 is 5.95 Å². The van der Waals surface area contributed by atoms with Gasteiger partial charge in [0.05, 0.1) is 0 Å². The topological polar surface area (TPSA) is 38.7 Å². The third kappa shape index (κ3) is 4.97. The Bertz CT molecular complexity index is 653. The van der Waals surface area contributed by atoms with Crippen molar-refractivity contribution in [3.8, 4) is 0 Å². The molecule has 2 atom stereocenters. The number of piperidine rings is 1. The molecule has 3 saturated heterocycles. The van der Waals surface area contributed by atoms with Crippen molar-refractivity contribution in [1.82, 2.24) is 24.7 Å². The Morgan fingerprint density at radius 3 is 2.10 bits per heavy atom. The number of anilines is 1. The zero-order chi connectivity index (χ0) is 21.3. The van der Waals surface area contributed by atoms with Gasteiger partial charge in [-0.05, 0) is 65.6 Å². The van der Waals surface area contributed by atoms with Crippen molar-refractivity contribution in [2.24, 2.45) is 5.92 Å². The summed E-state index contributed by atoms with van der Waals surface area (Å²) in [6.07, 6.45) is 9.23. The standard InChI is InChI=1S/C24H42N6/c1-18(2)14-28-10-8-21(9-11-28)27(5)15-20-12-25-24(26-13-20)30-22-6-7-23(30)17-29(16-22)19(3)4/h12-13,18-19,21-23H,6-11,14-17H2,1-5H3. The van der Waals surface area contributed by atoms with Crippen LogP contribution in [-0.4, -0.2) is 88.6 Å². The summed E-state index contributed by atoms with van der Waals surface area (Å²) in [5.74, 6) is 1.71. The fraction of sp³-hybridized carbons (Fsp3) is 0.833. The Balaban J connectivity index is 1.30. The average Bonchev–Trinajstić information content (AvgIpc) is 2.97. The first-order valence-electron chi connectivity index (χ1n) is 12.2. The smallest absolute Gasteiger partial charge is 0.225 e. The lowest BCUT2D eigenvalue weighted by Gasteiger charge is -2.42. The van der Waals surface area contributed by atoms with Crippen molar-refractivity contribution in [1.29, 1.82) is 0 Å². The van der Waals surface area contributed by atoms with E-state index in [1.807, 2.05) is 0 Å². The van der Waals surface area contributed by atoms with Crippen LogP contribution >= 0.6 is 0 Å². The summed E-state index contributed by atoms with van der Waals surface area (Å²) in [7, 11) is 2.27. The van der Waals surface area contributed by atoms with E-state index >= 15 is 0 Å². The summed E-state index contributed by atoms with van der Waals surface area (Å²) in [6, 6.07) is 2.46. The zero-order valence-electron chi connectivity index (χ0n) is 19.8. The lowest BCUT2D eigenvalue weighted by molar-refractivity contribution is 0.115. The molecule has 4 heterocycles. The molecule has 2 bridgehead atoms. The number of likely N-dealkylation sites (tertiary alicyclic amines) is 2. The molecule has 0 N–H and O–H groups in total. The molecule has 4 rings (SSSR count). The van der Waals surface area contributed by atoms with Crippen LogP contribution in [-0.2, 0) is 6.54 Å². The van der Waals surface area contributed by atoms with Gasteiger partial charge in [0.2, 0.25) is 5.95 Å². The molecule has 1 aromatic heterocycles. The van der Waals surface area contributed by atoms with Crippen molar-refractivity contribution in [3.05, 3.63) is 18.0 Å². The van der Waals surface area contributed by atoms with Gasteiger partial charge in [-0.25, -0.2) is 9.97 Å². The lowest BCUT2D eigenvalue weighted by atomic mass is 10.0. The van der Waals surface area contributed by atoms with E-state index in [1.54, 1.807) is 0 Å². The number of hydrogen-bond acceptors (Lipinski definition) is 6. The van der Waals surface area contributed by atoms with Crippen LogP contribution in [0.4, 0.5) is 5.95 Å². The number of piperazine rings is 1. The molecule has 6 nitrogen and oxygen atoms in total. The van der Waals surface area contributed by atoms with Crippen molar-refractivity contribution in [2.45, 2.75) is 84.1 Å². The second-order valence-electron chi connectivity index (χ2n) is 10.6. The Labute approximate surface area is 183 Å². The van der Waals surface area contributed by atoms with E-state index in [9.17, 15) is 0 Å². The minimum atomic E-state index is 0.579. The van der Waals surface area contributed by atoms with Crippen molar-refractivity contribution in [2.75, 3.05) is 44.7 Å². The first-order valence-corrected chi connectivity index (χ1v) is 12.2. The maximum atomic E-state index is 4.82. The zero-order valence-corrected chi connectivity index (χ0v) is 19.8. The summed E-state index contributed by atoms with van der Waals surface area (Å²) < 4.78 is 0. The third-order valence-corrected chi connectivity index (χ3v) is 7.40. The van der Waals surface area contributed by atoms with Gasteiger partial charge in [-0.1, -0.05) is 13.8 Å². The SMILES string of the molecule is CC(C)CN1CCC(N(C)Cc2cnc(N3C4CCC3CN(C(C)C)C4)nc2)CC1. The highest BCUT2D eigenvalue weighted by atomic mass is 15.4. The van der Waals surface area contributed by atoms with Crippen LogP contribution in [0.1, 0.15) is 58.9 Å². The van der Waals surface area contributed by atoms with Crippen molar-refractivity contribution < 1.29 is 0 Å². The first kappa shape index (κ1) is 22.0. The number of rotatable bonds is 7. The van der Waals surface area contributed by atoms with Gasteiger partial charge >= 0.3 is 0 Å². The number of aromatic nitrogens is 2. The van der Waals surface area contributed by atoms with Gasteiger partial charge in [-0.3, -0.25) is 9.80 Å². The molecule has 3 aliphatic heterocycles. The van der Waals surface area contributed by atoms with Gasteiger partial charge in [0.15, 0.2) is 0 Å². The second kappa shape index (κ2) is 9.49. The molecule has 168 valence electrons. The molecular weight excluding hydrogens is 372 g/mol. The maximum absolute atomic E-state index is 4.82. The summed E-state index contributed by atoms with van der Waals surface area (Å²) in [6.45, 7) is 16.2. The molecule has 1 aromatic rings. The molecule has 0 radical (unpaired) electrons. The normalized spacial score (nSPS) is 26.5. The molecule has 0 amide bonds. The second-order valence-corrected chi connectivity index (χ2v) is 10.6. The highest BCUT2D eigenvalue weighted by Gasteiger charge is 2.41. The highest BCUT2D eigenvalue weighted by Crippen LogP contribution is 2.33. The Kier molecular flexibility index (Phi) is 6.95. The number of hydrogen-bond donors (Lipinski definition) is 0. The largest absolute Gasteiger partial charge is 0.332 e. The van der Waals surface area contributed by atoms with Crippen LogP contribution in [0.2, 0.25) is 0 Å². The van der Waals surface area contributed by atoms with Gasteiger partial charge in [-0.15, -0.1) is 0 Å². The number of nitrogens with zero attached hydrogens (tertiary/aromatic N) is 6. The van der Waals surface area contributed by atoms with Gasteiger partial charge in [0, 0.05) is 68.3 Å². The van der Waals surface area contributed by atoms with E-state index < -0.39 is 0 Å². The summed E-state index contributed by atoms with van der Waals surface area (Å²) >= 11 is 0. The summed E-state index contributed by atoms with van der Waals surface area (Å²) in [4.78, 5) is 19.9. The molecule has 0 aliphatic carbocycles. The van der Waals surface area contributed by atoms with E-state index in [4.69, 9.17) is 9.97 Å². The van der Waals surface area contributed by atoms with Crippen LogP contribution < -0.4 is 4.90 Å². The van der Waals surface area contributed by atoms with E-state index in [-0.39, 0.29) is 0 Å². The third-order valence-electron chi connectivity index (χ3n) is 7.40. The molecule has 3 fully saturated rings. The quantitative estimate of drug-likeness (QED) is 0.683. The molecule has 30 heavy (non-hydrogen) atoms. The van der Waals surface area contributed by atoms with Crippen LogP contribution in [0.5, 0.6) is 0 Å². The number of fused-ring (bicyclic) bond motifs is 2. The Morgan fingerprint density at radius 2 is 1.57 bits per heavy atom. The van der Waals surface area contributed by atoms with Crippen LogP contribution in [0.25, 0.3) is 0 Å². The van der Waals surface area contributed by atoms with E-state index in [1.165, 1.54) is 50.9 Å². The van der Waals surface area contributed by atoms with E-state index in [2.05, 4.69) is 66.7 Å². The fourth-order valence-electron chi connectivity index (χ4n) is 5.72. The fourth-order valence-corrected chi connectivity index (χ4v) is 5.72. The molecule has 0 spiro atoms. The maximum Gasteiger partial charge on any atom is 0.225 e. The Morgan fingerprint density at radius 1 is 0.967 bits per heavy atom. The van der Waals surface area contributed by atoms with Crippen molar-refractivity contribution in [3.63, 3.8) is 0 Å².